The van der Waals surface area contributed by atoms with Gasteiger partial charge in [-0.25, -0.2) is 4.68 Å². The van der Waals surface area contributed by atoms with E-state index in [2.05, 4.69) is 40.7 Å². The van der Waals surface area contributed by atoms with Crippen molar-refractivity contribution in [3.05, 3.63) is 48.3 Å². The predicted molar refractivity (Wildman–Crippen MR) is 95.2 cm³/mol. The zero-order valence-corrected chi connectivity index (χ0v) is 14.4. The number of fused-ring (bicyclic) bond motifs is 2. The van der Waals surface area contributed by atoms with Gasteiger partial charge in [0.2, 0.25) is 0 Å². The van der Waals surface area contributed by atoms with Crippen LogP contribution in [0.4, 0.5) is 0 Å². The molecule has 5 heteroatoms. The van der Waals surface area contributed by atoms with E-state index in [-0.39, 0.29) is 12.4 Å². The predicted octanol–water partition coefficient (Wildman–Crippen LogP) is 3.01. The van der Waals surface area contributed by atoms with E-state index in [1.807, 2.05) is 29.1 Å². The molecule has 2 fully saturated rings. The molecule has 0 aliphatic carbocycles. The van der Waals surface area contributed by atoms with Gasteiger partial charge in [-0.1, -0.05) is 18.2 Å². The molecule has 0 radical (unpaired) electrons. The van der Waals surface area contributed by atoms with E-state index in [0.29, 0.717) is 6.04 Å². The summed E-state index contributed by atoms with van der Waals surface area (Å²) in [7, 11) is 2.26. The van der Waals surface area contributed by atoms with Crippen molar-refractivity contribution in [3.8, 4) is 5.69 Å². The molecule has 23 heavy (non-hydrogen) atoms. The zero-order valence-electron chi connectivity index (χ0n) is 13.6. The molecule has 1 aromatic heterocycles. The summed E-state index contributed by atoms with van der Waals surface area (Å²) in [5.74, 6) is 0. The van der Waals surface area contributed by atoms with Crippen molar-refractivity contribution >= 4 is 12.4 Å². The molecule has 2 atom stereocenters. The number of hydrogen-bond acceptors (Lipinski definition) is 3. The van der Waals surface area contributed by atoms with Gasteiger partial charge in [-0.3, -0.25) is 4.90 Å². The van der Waals surface area contributed by atoms with Crippen molar-refractivity contribution in [2.24, 2.45) is 0 Å². The highest BCUT2D eigenvalue weighted by Crippen LogP contribution is 2.29. The van der Waals surface area contributed by atoms with Crippen LogP contribution in [0.2, 0.25) is 0 Å². The average Bonchev–Trinajstić information content (AvgIpc) is 3.14. The Morgan fingerprint density at radius 1 is 1.17 bits per heavy atom. The minimum Gasteiger partial charge on any atom is -0.311 e. The van der Waals surface area contributed by atoms with E-state index in [1.54, 1.807) is 0 Å². The SMILES string of the molecule is CN(Cc1cnn(-c2ccccc2)c1)C1CC2CCC(C1)N2.Cl. The van der Waals surface area contributed by atoms with Crippen LogP contribution in [0.15, 0.2) is 42.7 Å². The molecule has 2 saturated heterocycles. The Labute approximate surface area is 144 Å². The van der Waals surface area contributed by atoms with Gasteiger partial charge in [0, 0.05) is 36.4 Å². The van der Waals surface area contributed by atoms with Crippen LogP contribution in [-0.2, 0) is 6.54 Å². The molecule has 2 aromatic rings. The third kappa shape index (κ3) is 3.60. The Morgan fingerprint density at radius 2 is 1.87 bits per heavy atom. The lowest BCUT2D eigenvalue weighted by Gasteiger charge is -2.35. The first-order valence-corrected chi connectivity index (χ1v) is 8.33. The Bertz CT molecular complexity index is 615. The second-order valence-electron chi connectivity index (χ2n) is 6.81. The summed E-state index contributed by atoms with van der Waals surface area (Å²) >= 11 is 0. The Hall–Kier alpha value is -1.36. The van der Waals surface area contributed by atoms with Crippen molar-refractivity contribution in [1.82, 2.24) is 20.0 Å². The summed E-state index contributed by atoms with van der Waals surface area (Å²) in [6.45, 7) is 0.983. The highest BCUT2D eigenvalue weighted by atomic mass is 35.5. The molecule has 0 spiro atoms. The molecule has 1 aromatic carbocycles. The van der Waals surface area contributed by atoms with Gasteiger partial charge in [0.15, 0.2) is 0 Å². The van der Waals surface area contributed by atoms with E-state index in [4.69, 9.17) is 0 Å². The van der Waals surface area contributed by atoms with Gasteiger partial charge < -0.3 is 5.32 Å². The maximum atomic E-state index is 4.50. The molecule has 3 heterocycles. The molecular weight excluding hydrogens is 308 g/mol. The smallest absolute Gasteiger partial charge is 0.0645 e. The monoisotopic (exact) mass is 332 g/mol. The second-order valence-corrected chi connectivity index (χ2v) is 6.81. The molecule has 4 rings (SSSR count). The fourth-order valence-corrected chi connectivity index (χ4v) is 3.97. The average molecular weight is 333 g/mol. The standard InChI is InChI=1S/C18H24N4.ClH/c1-21(18-9-15-7-8-16(10-18)20-15)12-14-11-19-22(13-14)17-5-3-2-4-6-17;/h2-6,11,13,15-16,18,20H,7-10,12H2,1H3;1H. The molecule has 2 aliphatic rings. The summed E-state index contributed by atoms with van der Waals surface area (Å²) in [6, 6.07) is 12.5. The van der Waals surface area contributed by atoms with Gasteiger partial charge in [-0.2, -0.15) is 5.10 Å². The number of halogens is 1. The number of para-hydroxylation sites is 1. The molecule has 2 unspecified atom stereocenters. The van der Waals surface area contributed by atoms with Gasteiger partial charge >= 0.3 is 0 Å². The third-order valence-corrected chi connectivity index (χ3v) is 5.16. The summed E-state index contributed by atoms with van der Waals surface area (Å²) in [5, 5.41) is 8.23. The second kappa shape index (κ2) is 7.04. The Morgan fingerprint density at radius 3 is 2.57 bits per heavy atom. The van der Waals surface area contributed by atoms with Crippen molar-refractivity contribution in [2.75, 3.05) is 7.05 Å². The summed E-state index contributed by atoms with van der Waals surface area (Å²) < 4.78 is 1.97. The number of nitrogens with zero attached hydrogens (tertiary/aromatic N) is 3. The third-order valence-electron chi connectivity index (χ3n) is 5.16. The molecule has 0 amide bonds. The number of rotatable bonds is 4. The van der Waals surface area contributed by atoms with Crippen LogP contribution in [-0.4, -0.2) is 39.9 Å². The summed E-state index contributed by atoms with van der Waals surface area (Å²) in [5.41, 5.74) is 2.41. The quantitative estimate of drug-likeness (QED) is 0.934. The van der Waals surface area contributed by atoms with Crippen LogP contribution in [0.5, 0.6) is 0 Å². The largest absolute Gasteiger partial charge is 0.311 e. The van der Waals surface area contributed by atoms with Gasteiger partial charge in [0.05, 0.1) is 11.9 Å². The summed E-state index contributed by atoms with van der Waals surface area (Å²) in [4.78, 5) is 2.51. The first kappa shape index (κ1) is 16.5. The number of aromatic nitrogens is 2. The van der Waals surface area contributed by atoms with E-state index in [9.17, 15) is 0 Å². The van der Waals surface area contributed by atoms with Gasteiger partial charge in [0.25, 0.3) is 0 Å². The van der Waals surface area contributed by atoms with Crippen LogP contribution in [0.3, 0.4) is 0 Å². The Balaban J connectivity index is 0.00000156. The number of nitrogens with one attached hydrogen (secondary N) is 1. The van der Waals surface area contributed by atoms with Crippen LogP contribution in [0, 0.1) is 0 Å². The highest BCUT2D eigenvalue weighted by Gasteiger charge is 2.34. The van der Waals surface area contributed by atoms with Gasteiger partial charge in [-0.05, 0) is 44.9 Å². The van der Waals surface area contributed by atoms with Crippen molar-refractivity contribution in [2.45, 2.75) is 50.4 Å². The number of piperidine rings is 1. The Kier molecular flexibility index (Phi) is 5.05. The molecular formula is C18H25ClN4. The molecule has 2 aliphatic heterocycles. The lowest BCUT2D eigenvalue weighted by molar-refractivity contribution is 0.166. The molecule has 0 saturated carbocycles. The molecule has 2 bridgehead atoms. The maximum absolute atomic E-state index is 4.50. The van der Waals surface area contributed by atoms with Gasteiger partial charge in [-0.15, -0.1) is 12.4 Å². The summed E-state index contributed by atoms with van der Waals surface area (Å²) in [6.07, 6.45) is 9.46. The van der Waals surface area contributed by atoms with Crippen molar-refractivity contribution in [1.29, 1.82) is 0 Å². The van der Waals surface area contributed by atoms with Crippen LogP contribution < -0.4 is 5.32 Å². The molecule has 124 valence electrons. The maximum Gasteiger partial charge on any atom is 0.0645 e. The first-order chi connectivity index (χ1) is 10.8. The van der Waals surface area contributed by atoms with E-state index < -0.39 is 0 Å². The number of hydrogen-bond donors (Lipinski definition) is 1. The van der Waals surface area contributed by atoms with Crippen molar-refractivity contribution < 1.29 is 0 Å². The molecule has 1 N–H and O–H groups in total. The molecule has 4 nitrogen and oxygen atoms in total. The van der Waals surface area contributed by atoms with Crippen LogP contribution in [0.25, 0.3) is 5.69 Å². The fraction of sp³-hybridized carbons (Fsp3) is 0.500. The fourth-order valence-electron chi connectivity index (χ4n) is 3.97. The topological polar surface area (TPSA) is 33.1 Å². The van der Waals surface area contributed by atoms with Crippen LogP contribution in [0.1, 0.15) is 31.2 Å². The van der Waals surface area contributed by atoms with E-state index >= 15 is 0 Å². The van der Waals surface area contributed by atoms with E-state index in [1.165, 1.54) is 31.2 Å². The lowest BCUT2D eigenvalue weighted by Crippen LogP contribution is -2.46. The normalized spacial score (nSPS) is 26.3. The highest BCUT2D eigenvalue weighted by molar-refractivity contribution is 5.85. The van der Waals surface area contributed by atoms with Crippen molar-refractivity contribution in [3.63, 3.8) is 0 Å². The zero-order chi connectivity index (χ0) is 14.9. The first-order valence-electron chi connectivity index (χ1n) is 8.33. The lowest BCUT2D eigenvalue weighted by atomic mass is 9.98. The minimum absolute atomic E-state index is 0. The van der Waals surface area contributed by atoms with Crippen LogP contribution >= 0.6 is 12.4 Å². The number of benzene rings is 1. The minimum atomic E-state index is 0. The van der Waals surface area contributed by atoms with E-state index in [0.717, 1.165) is 24.3 Å². The van der Waals surface area contributed by atoms with Gasteiger partial charge in [0.1, 0.15) is 0 Å².